The molecule has 3 unspecified atom stereocenters. The smallest absolute Gasteiger partial charge is 0.150 e. The van der Waals surface area contributed by atoms with Gasteiger partial charge in [0.25, 0.3) is 0 Å². The largest absolute Gasteiger partial charge is 0.392 e. The summed E-state index contributed by atoms with van der Waals surface area (Å²) >= 11 is 1.63. The Balaban J connectivity index is 1.96. The molecule has 1 aromatic heterocycles. The van der Waals surface area contributed by atoms with Gasteiger partial charge >= 0.3 is 0 Å². The first kappa shape index (κ1) is 14.0. The summed E-state index contributed by atoms with van der Waals surface area (Å²) in [4.78, 5) is 0. The summed E-state index contributed by atoms with van der Waals surface area (Å²) in [5.41, 5.74) is 1.15. The maximum absolute atomic E-state index is 11.6. The molecule has 102 valence electrons. The van der Waals surface area contributed by atoms with Crippen LogP contribution in [0.2, 0.25) is 0 Å². The molecule has 3 atom stereocenters. The summed E-state index contributed by atoms with van der Waals surface area (Å²) in [5.74, 6) is 0.123. The first-order valence-electron chi connectivity index (χ1n) is 6.35. The summed E-state index contributed by atoms with van der Waals surface area (Å²) in [5, 5.41) is 14.0. The van der Waals surface area contributed by atoms with Gasteiger partial charge in [0.2, 0.25) is 0 Å². The van der Waals surface area contributed by atoms with Crippen LogP contribution < -0.4 is 0 Å². The monoisotopic (exact) mass is 288 g/mol. The highest BCUT2D eigenvalue weighted by molar-refractivity contribution is 7.91. The molecule has 0 aromatic carbocycles. The van der Waals surface area contributed by atoms with Crippen molar-refractivity contribution in [2.45, 2.75) is 43.5 Å². The Morgan fingerprint density at radius 1 is 1.50 bits per heavy atom. The predicted octanol–water partition coefficient (Wildman–Crippen LogP) is 2.25. The van der Waals surface area contributed by atoms with Crippen molar-refractivity contribution in [3.05, 3.63) is 22.4 Å². The zero-order chi connectivity index (χ0) is 13.2. The fourth-order valence-electron chi connectivity index (χ4n) is 2.74. The van der Waals surface area contributed by atoms with Crippen LogP contribution in [0.15, 0.2) is 16.8 Å². The van der Waals surface area contributed by atoms with Gasteiger partial charge in [-0.25, -0.2) is 8.42 Å². The van der Waals surface area contributed by atoms with Gasteiger partial charge in [0, 0.05) is 6.26 Å². The molecule has 1 N–H and O–H groups in total. The molecule has 3 nitrogen and oxygen atoms in total. The third-order valence-electron chi connectivity index (χ3n) is 3.84. The Kier molecular flexibility index (Phi) is 4.45. The summed E-state index contributed by atoms with van der Waals surface area (Å²) < 4.78 is 23.2. The van der Waals surface area contributed by atoms with Gasteiger partial charge in [-0.1, -0.05) is 6.42 Å². The zero-order valence-corrected chi connectivity index (χ0v) is 12.2. The highest BCUT2D eigenvalue weighted by Crippen LogP contribution is 2.31. The Morgan fingerprint density at radius 3 is 2.89 bits per heavy atom. The molecule has 5 heteroatoms. The molecule has 1 aromatic rings. The van der Waals surface area contributed by atoms with E-state index >= 15 is 0 Å². The standard InChI is InChI=1S/C13H20O3S2/c1-18(15,16)12-4-2-3-11(8-12)13(14)7-10-5-6-17-9-10/h5-6,9,11-14H,2-4,7-8H2,1H3. The Bertz CT molecular complexity index is 464. The quantitative estimate of drug-likeness (QED) is 0.924. The average Bonchev–Trinajstić information content (AvgIpc) is 2.81. The number of aliphatic hydroxyl groups is 1. The van der Waals surface area contributed by atoms with Crippen molar-refractivity contribution < 1.29 is 13.5 Å². The minimum atomic E-state index is -2.96. The van der Waals surface area contributed by atoms with Gasteiger partial charge in [-0.2, -0.15) is 11.3 Å². The van der Waals surface area contributed by atoms with Crippen LogP contribution in [-0.2, 0) is 16.3 Å². The molecular weight excluding hydrogens is 268 g/mol. The highest BCUT2D eigenvalue weighted by atomic mass is 32.2. The second kappa shape index (κ2) is 5.72. The number of sulfone groups is 1. The van der Waals surface area contributed by atoms with E-state index in [2.05, 4.69) is 0 Å². The van der Waals surface area contributed by atoms with E-state index in [0.717, 1.165) is 24.8 Å². The van der Waals surface area contributed by atoms with E-state index in [1.54, 1.807) is 11.3 Å². The summed E-state index contributed by atoms with van der Waals surface area (Å²) in [6, 6.07) is 2.02. The van der Waals surface area contributed by atoms with Crippen molar-refractivity contribution in [2.75, 3.05) is 6.26 Å². The third-order valence-corrected chi connectivity index (χ3v) is 6.21. The van der Waals surface area contributed by atoms with Crippen molar-refractivity contribution >= 4 is 21.2 Å². The molecule has 0 saturated heterocycles. The Labute approximate surface area is 113 Å². The summed E-state index contributed by atoms with van der Waals surface area (Å²) in [6.07, 6.45) is 4.75. The van der Waals surface area contributed by atoms with E-state index in [9.17, 15) is 13.5 Å². The van der Waals surface area contributed by atoms with Crippen LogP contribution >= 0.6 is 11.3 Å². The van der Waals surface area contributed by atoms with Crippen molar-refractivity contribution in [1.29, 1.82) is 0 Å². The maximum atomic E-state index is 11.6. The van der Waals surface area contributed by atoms with Crippen molar-refractivity contribution in [3.8, 4) is 0 Å². The zero-order valence-electron chi connectivity index (χ0n) is 10.6. The number of thiophene rings is 1. The van der Waals surface area contributed by atoms with Gasteiger partial charge in [-0.3, -0.25) is 0 Å². The van der Waals surface area contributed by atoms with Crippen molar-refractivity contribution in [1.82, 2.24) is 0 Å². The van der Waals surface area contributed by atoms with E-state index in [0.29, 0.717) is 12.8 Å². The number of aliphatic hydroxyl groups excluding tert-OH is 1. The second-order valence-corrected chi connectivity index (χ2v) is 8.39. The SMILES string of the molecule is CS(=O)(=O)C1CCCC(C(O)Cc2ccsc2)C1. The molecule has 1 heterocycles. The van der Waals surface area contributed by atoms with E-state index in [1.807, 2.05) is 16.8 Å². The van der Waals surface area contributed by atoms with Crippen LogP contribution in [0.5, 0.6) is 0 Å². The first-order chi connectivity index (χ1) is 8.47. The van der Waals surface area contributed by atoms with Crippen molar-refractivity contribution in [2.24, 2.45) is 5.92 Å². The van der Waals surface area contributed by atoms with E-state index in [4.69, 9.17) is 0 Å². The summed E-state index contributed by atoms with van der Waals surface area (Å²) in [7, 11) is -2.96. The van der Waals surface area contributed by atoms with Gasteiger partial charge in [-0.05, 0) is 54.0 Å². The molecule has 0 spiro atoms. The molecule has 0 radical (unpaired) electrons. The van der Waals surface area contributed by atoms with E-state index < -0.39 is 15.9 Å². The molecule has 0 amide bonds. The lowest BCUT2D eigenvalue weighted by atomic mass is 9.83. The fraction of sp³-hybridized carbons (Fsp3) is 0.692. The minimum absolute atomic E-state index is 0.123. The number of hydrogen-bond donors (Lipinski definition) is 1. The van der Waals surface area contributed by atoms with Crippen LogP contribution in [0.25, 0.3) is 0 Å². The molecule has 1 fully saturated rings. The molecule has 1 aliphatic carbocycles. The molecule has 0 bridgehead atoms. The van der Waals surface area contributed by atoms with E-state index in [-0.39, 0.29) is 11.2 Å². The van der Waals surface area contributed by atoms with Crippen LogP contribution in [0.3, 0.4) is 0 Å². The molecule has 1 aliphatic rings. The lowest BCUT2D eigenvalue weighted by Gasteiger charge is -2.31. The van der Waals surface area contributed by atoms with E-state index in [1.165, 1.54) is 6.26 Å². The molecular formula is C13H20O3S2. The van der Waals surface area contributed by atoms with Gasteiger partial charge in [0.05, 0.1) is 11.4 Å². The molecule has 2 rings (SSSR count). The first-order valence-corrected chi connectivity index (χ1v) is 9.24. The Hall–Kier alpha value is -0.390. The fourth-order valence-corrected chi connectivity index (χ4v) is 4.61. The minimum Gasteiger partial charge on any atom is -0.392 e. The van der Waals surface area contributed by atoms with Crippen LogP contribution in [0.1, 0.15) is 31.2 Å². The molecule has 0 aliphatic heterocycles. The average molecular weight is 288 g/mol. The molecule has 1 saturated carbocycles. The number of hydrogen-bond acceptors (Lipinski definition) is 4. The van der Waals surface area contributed by atoms with Gasteiger partial charge in [0.15, 0.2) is 0 Å². The summed E-state index contributed by atoms with van der Waals surface area (Å²) in [6.45, 7) is 0. The van der Waals surface area contributed by atoms with Crippen LogP contribution in [0, 0.1) is 5.92 Å². The molecule has 18 heavy (non-hydrogen) atoms. The lowest BCUT2D eigenvalue weighted by Crippen LogP contribution is -2.34. The van der Waals surface area contributed by atoms with Gasteiger partial charge < -0.3 is 5.11 Å². The maximum Gasteiger partial charge on any atom is 0.150 e. The second-order valence-electron chi connectivity index (χ2n) is 5.28. The Morgan fingerprint density at radius 2 is 2.28 bits per heavy atom. The lowest BCUT2D eigenvalue weighted by molar-refractivity contribution is 0.0860. The van der Waals surface area contributed by atoms with Crippen LogP contribution in [-0.4, -0.2) is 31.1 Å². The normalized spacial score (nSPS) is 27.0. The third kappa shape index (κ3) is 3.56. The number of rotatable bonds is 4. The topological polar surface area (TPSA) is 54.4 Å². The van der Waals surface area contributed by atoms with Crippen molar-refractivity contribution in [3.63, 3.8) is 0 Å². The van der Waals surface area contributed by atoms with Crippen LogP contribution in [0.4, 0.5) is 0 Å². The van der Waals surface area contributed by atoms with Gasteiger partial charge in [0.1, 0.15) is 9.84 Å². The highest BCUT2D eigenvalue weighted by Gasteiger charge is 2.32. The van der Waals surface area contributed by atoms with Gasteiger partial charge in [-0.15, -0.1) is 0 Å². The predicted molar refractivity (Wildman–Crippen MR) is 74.6 cm³/mol.